The summed E-state index contributed by atoms with van der Waals surface area (Å²) in [5.74, 6) is 0.447. The Kier molecular flexibility index (Phi) is 3.28. The summed E-state index contributed by atoms with van der Waals surface area (Å²) in [4.78, 5) is 12.9. The molecule has 0 fully saturated rings. The molecule has 0 atom stereocenters. The van der Waals surface area contributed by atoms with Crippen molar-refractivity contribution in [1.82, 2.24) is 0 Å². The molecule has 2 aromatic carbocycles. The summed E-state index contributed by atoms with van der Waals surface area (Å²) in [7, 11) is 1.59. The van der Waals surface area contributed by atoms with E-state index >= 15 is 0 Å². The molecule has 5 heteroatoms. The van der Waals surface area contributed by atoms with E-state index in [9.17, 15) is 4.79 Å². The Bertz CT molecular complexity index is 1000. The standard InChI is InChI=1S/C18H13NO3S/c1-21-16-9-12-11-5-2-3-6-14(11)22-15(12)10-13(16)19-18(20)17-7-4-8-23-17/h2-10H,1H3,(H,19,20). The molecule has 0 aliphatic heterocycles. The van der Waals surface area contributed by atoms with Crippen LogP contribution in [0.3, 0.4) is 0 Å². The lowest BCUT2D eigenvalue weighted by Crippen LogP contribution is -2.10. The first kappa shape index (κ1) is 13.8. The molecule has 0 spiro atoms. The minimum atomic E-state index is -0.159. The van der Waals surface area contributed by atoms with E-state index in [4.69, 9.17) is 9.15 Å². The van der Waals surface area contributed by atoms with Crippen LogP contribution < -0.4 is 10.1 Å². The maximum atomic E-state index is 12.3. The molecule has 0 saturated carbocycles. The molecule has 1 amide bonds. The fourth-order valence-corrected chi connectivity index (χ4v) is 3.23. The van der Waals surface area contributed by atoms with Gasteiger partial charge < -0.3 is 14.5 Å². The number of methoxy groups -OCH3 is 1. The van der Waals surface area contributed by atoms with E-state index in [1.54, 1.807) is 19.2 Å². The fraction of sp³-hybridized carbons (Fsp3) is 0.0556. The maximum absolute atomic E-state index is 12.3. The number of fused-ring (bicyclic) bond motifs is 3. The second-order valence-corrected chi connectivity index (χ2v) is 6.03. The molecule has 0 saturated heterocycles. The van der Waals surface area contributed by atoms with Crippen LogP contribution in [0.15, 0.2) is 58.3 Å². The van der Waals surface area contributed by atoms with Gasteiger partial charge in [-0.2, -0.15) is 0 Å². The number of rotatable bonds is 3. The van der Waals surface area contributed by atoms with Crippen molar-refractivity contribution >= 4 is 44.9 Å². The minimum Gasteiger partial charge on any atom is -0.495 e. The third kappa shape index (κ3) is 2.35. The Morgan fingerprint density at radius 1 is 1.09 bits per heavy atom. The summed E-state index contributed by atoms with van der Waals surface area (Å²) in [5, 5.41) is 6.75. The smallest absolute Gasteiger partial charge is 0.265 e. The van der Waals surface area contributed by atoms with Gasteiger partial charge in [0.2, 0.25) is 0 Å². The van der Waals surface area contributed by atoms with Crippen LogP contribution >= 0.6 is 11.3 Å². The lowest BCUT2D eigenvalue weighted by molar-refractivity contribution is 0.103. The first-order chi connectivity index (χ1) is 11.3. The Hall–Kier alpha value is -2.79. The highest BCUT2D eigenvalue weighted by Gasteiger charge is 2.15. The normalized spacial score (nSPS) is 11.0. The number of carbonyl (C=O) groups excluding carboxylic acids is 1. The van der Waals surface area contributed by atoms with Crippen LogP contribution in [-0.4, -0.2) is 13.0 Å². The quantitative estimate of drug-likeness (QED) is 0.583. The van der Waals surface area contributed by atoms with Gasteiger partial charge in [0.25, 0.3) is 5.91 Å². The summed E-state index contributed by atoms with van der Waals surface area (Å²) in [6.45, 7) is 0. The van der Waals surface area contributed by atoms with E-state index in [1.807, 2.05) is 41.8 Å². The lowest BCUT2D eigenvalue weighted by atomic mass is 10.1. The van der Waals surface area contributed by atoms with Gasteiger partial charge in [0.15, 0.2) is 0 Å². The van der Waals surface area contributed by atoms with Crippen LogP contribution in [0.4, 0.5) is 5.69 Å². The average Bonchev–Trinajstić information content (AvgIpc) is 3.21. The third-order valence-corrected chi connectivity index (χ3v) is 4.56. The maximum Gasteiger partial charge on any atom is 0.265 e. The number of para-hydroxylation sites is 1. The van der Waals surface area contributed by atoms with Crippen molar-refractivity contribution in [3.8, 4) is 5.75 Å². The number of thiophene rings is 1. The summed E-state index contributed by atoms with van der Waals surface area (Å²) in [6, 6.07) is 15.2. The van der Waals surface area contributed by atoms with Gasteiger partial charge in [-0.3, -0.25) is 4.79 Å². The number of nitrogens with one attached hydrogen (secondary N) is 1. The van der Waals surface area contributed by atoms with Crippen LogP contribution in [0.25, 0.3) is 21.9 Å². The van der Waals surface area contributed by atoms with E-state index in [1.165, 1.54) is 11.3 Å². The molecule has 23 heavy (non-hydrogen) atoms. The molecule has 0 bridgehead atoms. The predicted octanol–water partition coefficient (Wildman–Crippen LogP) is 4.91. The topological polar surface area (TPSA) is 51.5 Å². The Morgan fingerprint density at radius 3 is 2.74 bits per heavy atom. The number of carbonyl (C=O) groups is 1. The Morgan fingerprint density at radius 2 is 1.96 bits per heavy atom. The molecule has 4 nitrogen and oxygen atoms in total. The predicted molar refractivity (Wildman–Crippen MR) is 92.5 cm³/mol. The van der Waals surface area contributed by atoms with Crippen molar-refractivity contribution < 1.29 is 13.9 Å². The largest absolute Gasteiger partial charge is 0.495 e. The van der Waals surface area contributed by atoms with Crippen molar-refractivity contribution in [3.63, 3.8) is 0 Å². The number of furan rings is 1. The van der Waals surface area contributed by atoms with E-state index in [-0.39, 0.29) is 5.91 Å². The second-order valence-electron chi connectivity index (χ2n) is 5.08. The van der Waals surface area contributed by atoms with Crippen LogP contribution in [0.2, 0.25) is 0 Å². The van der Waals surface area contributed by atoms with E-state index < -0.39 is 0 Å². The summed E-state index contributed by atoms with van der Waals surface area (Å²) >= 11 is 1.39. The Balaban J connectivity index is 1.82. The first-order valence-corrected chi connectivity index (χ1v) is 7.98. The van der Waals surface area contributed by atoms with Crippen molar-refractivity contribution in [2.75, 3.05) is 12.4 Å². The molecule has 0 radical (unpaired) electrons. The molecule has 4 aromatic rings. The van der Waals surface area contributed by atoms with E-state index in [0.717, 1.165) is 16.4 Å². The number of benzene rings is 2. The summed E-state index contributed by atoms with van der Waals surface area (Å²) in [5.41, 5.74) is 2.12. The molecule has 0 aliphatic carbocycles. The highest BCUT2D eigenvalue weighted by atomic mass is 32.1. The molecule has 114 valence electrons. The van der Waals surface area contributed by atoms with Crippen molar-refractivity contribution in [2.24, 2.45) is 0 Å². The van der Waals surface area contributed by atoms with Crippen LogP contribution in [0.1, 0.15) is 9.67 Å². The zero-order valence-electron chi connectivity index (χ0n) is 12.3. The molecular formula is C18H13NO3S. The van der Waals surface area contributed by atoms with Gasteiger partial charge in [-0.25, -0.2) is 0 Å². The van der Waals surface area contributed by atoms with Crippen molar-refractivity contribution in [3.05, 3.63) is 58.8 Å². The molecule has 4 rings (SSSR count). The minimum absolute atomic E-state index is 0.159. The first-order valence-electron chi connectivity index (χ1n) is 7.10. The van der Waals surface area contributed by atoms with Gasteiger partial charge in [0.05, 0.1) is 17.7 Å². The number of ether oxygens (including phenoxy) is 1. The number of hydrogen-bond donors (Lipinski definition) is 1. The zero-order valence-corrected chi connectivity index (χ0v) is 13.1. The van der Waals surface area contributed by atoms with Gasteiger partial charge in [-0.1, -0.05) is 24.3 Å². The highest BCUT2D eigenvalue weighted by molar-refractivity contribution is 7.12. The Labute approximate surface area is 136 Å². The lowest BCUT2D eigenvalue weighted by Gasteiger charge is -2.09. The zero-order chi connectivity index (χ0) is 15.8. The summed E-state index contributed by atoms with van der Waals surface area (Å²) in [6.07, 6.45) is 0. The van der Waals surface area contributed by atoms with E-state index in [2.05, 4.69) is 5.32 Å². The molecular weight excluding hydrogens is 310 g/mol. The third-order valence-electron chi connectivity index (χ3n) is 3.69. The van der Waals surface area contributed by atoms with Crippen LogP contribution in [-0.2, 0) is 0 Å². The van der Waals surface area contributed by atoms with Gasteiger partial charge in [-0.15, -0.1) is 11.3 Å². The van der Waals surface area contributed by atoms with Crippen LogP contribution in [0, 0.1) is 0 Å². The van der Waals surface area contributed by atoms with Gasteiger partial charge in [-0.05, 0) is 23.6 Å². The average molecular weight is 323 g/mol. The van der Waals surface area contributed by atoms with Gasteiger partial charge in [0.1, 0.15) is 16.9 Å². The van der Waals surface area contributed by atoms with Crippen molar-refractivity contribution in [1.29, 1.82) is 0 Å². The molecule has 0 unspecified atom stereocenters. The van der Waals surface area contributed by atoms with Gasteiger partial charge in [0, 0.05) is 16.8 Å². The molecule has 2 aromatic heterocycles. The SMILES string of the molecule is COc1cc2c(cc1NC(=O)c1cccs1)oc1ccccc12. The van der Waals surface area contributed by atoms with E-state index in [0.29, 0.717) is 21.9 Å². The summed E-state index contributed by atoms with van der Waals surface area (Å²) < 4.78 is 11.3. The van der Waals surface area contributed by atoms with Crippen molar-refractivity contribution in [2.45, 2.75) is 0 Å². The molecule has 2 heterocycles. The second kappa shape index (κ2) is 5.44. The molecule has 0 aliphatic rings. The molecule has 1 N–H and O–H groups in total. The van der Waals surface area contributed by atoms with Crippen LogP contribution in [0.5, 0.6) is 5.75 Å². The number of hydrogen-bond acceptors (Lipinski definition) is 4. The monoisotopic (exact) mass is 323 g/mol. The van der Waals surface area contributed by atoms with Gasteiger partial charge >= 0.3 is 0 Å². The fourth-order valence-electron chi connectivity index (χ4n) is 2.61. The number of amides is 1. The highest BCUT2D eigenvalue weighted by Crippen LogP contribution is 2.36. The number of anilines is 1.